The number of carboxylic acid groups (broad SMARTS) is 1. The molecule has 2 rings (SSSR count). The third-order valence-corrected chi connectivity index (χ3v) is 3.40. The summed E-state index contributed by atoms with van der Waals surface area (Å²) >= 11 is 5.65. The van der Waals surface area contributed by atoms with E-state index in [0.29, 0.717) is 6.07 Å². The Balaban J connectivity index is 2.50. The Morgan fingerprint density at radius 3 is 2.68 bits per heavy atom. The molecule has 19 heavy (non-hydrogen) atoms. The van der Waals surface area contributed by atoms with Crippen molar-refractivity contribution in [3.8, 4) is 0 Å². The Morgan fingerprint density at radius 1 is 1.47 bits per heavy atom. The first-order chi connectivity index (χ1) is 8.93. The molecule has 102 valence electrons. The maximum atomic E-state index is 13.5. The number of carboxylic acids is 1. The van der Waals surface area contributed by atoms with Gasteiger partial charge in [0.15, 0.2) is 0 Å². The smallest absolute Gasteiger partial charge is 0.340 e. The van der Waals surface area contributed by atoms with Gasteiger partial charge in [0, 0.05) is 24.9 Å². The summed E-state index contributed by atoms with van der Waals surface area (Å²) in [6, 6.07) is 1.33. The fourth-order valence-corrected chi connectivity index (χ4v) is 2.31. The Bertz CT molecular complexity index is 550. The Morgan fingerprint density at radius 2 is 2.16 bits per heavy atom. The Kier molecular flexibility index (Phi) is 3.71. The van der Waals surface area contributed by atoms with Crippen LogP contribution in [0.4, 0.5) is 14.5 Å². The zero-order chi connectivity index (χ0) is 14.2. The zero-order valence-corrected chi connectivity index (χ0v) is 10.5. The van der Waals surface area contributed by atoms with Crippen LogP contribution in [-0.4, -0.2) is 29.4 Å². The van der Waals surface area contributed by atoms with Crippen LogP contribution in [0.2, 0.25) is 0 Å². The third kappa shape index (κ3) is 2.53. The average molecular weight is 290 g/mol. The molecule has 0 saturated carbocycles. The van der Waals surface area contributed by atoms with Crippen molar-refractivity contribution >= 4 is 29.2 Å². The van der Waals surface area contributed by atoms with Gasteiger partial charge in [-0.05, 0) is 12.0 Å². The van der Waals surface area contributed by atoms with Crippen molar-refractivity contribution in [3.05, 3.63) is 29.3 Å². The number of aromatic carboxylic acids is 1. The van der Waals surface area contributed by atoms with E-state index in [1.807, 2.05) is 0 Å². The average Bonchev–Trinajstić information content (AvgIpc) is 2.68. The third-order valence-electron chi connectivity index (χ3n) is 2.96. The van der Waals surface area contributed by atoms with Crippen molar-refractivity contribution in [2.45, 2.75) is 6.42 Å². The van der Waals surface area contributed by atoms with Crippen molar-refractivity contribution in [1.82, 2.24) is 0 Å². The number of anilines is 1. The van der Waals surface area contributed by atoms with Gasteiger partial charge in [-0.25, -0.2) is 13.6 Å². The lowest BCUT2D eigenvalue weighted by Gasteiger charge is -2.19. The molecule has 1 fully saturated rings. The van der Waals surface area contributed by atoms with Gasteiger partial charge in [0.1, 0.15) is 17.2 Å². The van der Waals surface area contributed by atoms with Crippen LogP contribution >= 0.6 is 11.6 Å². The van der Waals surface area contributed by atoms with Crippen LogP contribution in [0, 0.1) is 17.6 Å². The van der Waals surface area contributed by atoms with Crippen molar-refractivity contribution in [2.75, 3.05) is 17.3 Å². The first kappa shape index (κ1) is 13.7. The zero-order valence-electron chi connectivity index (χ0n) is 9.70. The molecule has 1 heterocycles. The number of carbonyl (C=O) groups excluding carboxylic acids is 1. The van der Waals surface area contributed by atoms with Gasteiger partial charge in [-0.2, -0.15) is 0 Å². The summed E-state index contributed by atoms with van der Waals surface area (Å²) in [4.78, 5) is 23.9. The molecule has 0 spiro atoms. The molecule has 1 aliphatic rings. The van der Waals surface area contributed by atoms with E-state index >= 15 is 0 Å². The van der Waals surface area contributed by atoms with Crippen LogP contribution in [0.3, 0.4) is 0 Å². The number of hydrogen-bond acceptors (Lipinski definition) is 2. The second-order valence-electron chi connectivity index (χ2n) is 4.32. The van der Waals surface area contributed by atoms with Crippen molar-refractivity contribution in [3.63, 3.8) is 0 Å². The number of halogens is 3. The lowest BCUT2D eigenvalue weighted by atomic mass is 10.1. The SMILES string of the molecule is O=C(O)c1c(F)cc(F)cc1N1CC(CCl)CC1=O. The Labute approximate surface area is 112 Å². The maximum absolute atomic E-state index is 13.5. The van der Waals surface area contributed by atoms with Crippen molar-refractivity contribution in [2.24, 2.45) is 5.92 Å². The van der Waals surface area contributed by atoms with E-state index in [9.17, 15) is 18.4 Å². The van der Waals surface area contributed by atoms with Gasteiger partial charge in [0.25, 0.3) is 0 Å². The van der Waals surface area contributed by atoms with Gasteiger partial charge in [-0.15, -0.1) is 11.6 Å². The largest absolute Gasteiger partial charge is 0.478 e. The number of rotatable bonds is 3. The van der Waals surface area contributed by atoms with Crippen molar-refractivity contribution < 1.29 is 23.5 Å². The number of amides is 1. The molecule has 1 atom stereocenters. The lowest BCUT2D eigenvalue weighted by molar-refractivity contribution is -0.117. The van der Waals surface area contributed by atoms with Crippen LogP contribution in [0.25, 0.3) is 0 Å². The molecular formula is C12H10ClF2NO3. The highest BCUT2D eigenvalue weighted by Crippen LogP contribution is 2.31. The van der Waals surface area contributed by atoms with E-state index in [1.54, 1.807) is 0 Å². The molecular weight excluding hydrogens is 280 g/mol. The van der Waals surface area contributed by atoms with Gasteiger partial charge in [-0.3, -0.25) is 4.79 Å². The molecule has 0 bridgehead atoms. The first-order valence-electron chi connectivity index (χ1n) is 5.52. The summed E-state index contributed by atoms with van der Waals surface area (Å²) in [6.07, 6.45) is 0.140. The molecule has 1 N–H and O–H groups in total. The van der Waals surface area contributed by atoms with Gasteiger partial charge in [0.2, 0.25) is 5.91 Å². The minimum Gasteiger partial charge on any atom is -0.478 e. The van der Waals surface area contributed by atoms with E-state index in [0.717, 1.165) is 11.0 Å². The van der Waals surface area contributed by atoms with Crippen LogP contribution in [0.1, 0.15) is 16.8 Å². The van der Waals surface area contributed by atoms with Gasteiger partial charge < -0.3 is 10.0 Å². The van der Waals surface area contributed by atoms with Crippen LogP contribution < -0.4 is 4.90 Å². The second kappa shape index (κ2) is 5.13. The maximum Gasteiger partial charge on any atom is 0.340 e. The van der Waals surface area contributed by atoms with Gasteiger partial charge in [-0.1, -0.05) is 0 Å². The summed E-state index contributed by atoms with van der Waals surface area (Å²) in [5.74, 6) is -4.00. The number of benzene rings is 1. The molecule has 0 aliphatic carbocycles. The highest BCUT2D eigenvalue weighted by atomic mass is 35.5. The van der Waals surface area contributed by atoms with Crippen LogP contribution in [0.5, 0.6) is 0 Å². The standard InChI is InChI=1S/C12H10ClF2NO3/c13-4-6-1-10(17)16(5-6)9-3-7(14)2-8(15)11(9)12(18)19/h2-3,6H,1,4-5H2,(H,18,19). The van der Waals surface area contributed by atoms with Gasteiger partial charge in [0.05, 0.1) is 5.69 Å². The molecule has 1 aromatic rings. The minimum atomic E-state index is -1.55. The van der Waals surface area contributed by atoms with Gasteiger partial charge >= 0.3 is 5.97 Å². The monoisotopic (exact) mass is 289 g/mol. The molecule has 1 aliphatic heterocycles. The first-order valence-corrected chi connectivity index (χ1v) is 6.06. The molecule has 1 aromatic carbocycles. The van der Waals surface area contributed by atoms with E-state index < -0.39 is 29.1 Å². The van der Waals surface area contributed by atoms with Crippen LogP contribution in [0.15, 0.2) is 12.1 Å². The normalized spacial score (nSPS) is 19.0. The molecule has 0 radical (unpaired) electrons. The number of alkyl halides is 1. The summed E-state index contributed by atoms with van der Waals surface area (Å²) in [7, 11) is 0. The van der Waals surface area contributed by atoms with E-state index in [1.165, 1.54) is 0 Å². The fraction of sp³-hybridized carbons (Fsp3) is 0.333. The fourth-order valence-electron chi connectivity index (χ4n) is 2.10. The molecule has 0 aromatic heterocycles. The predicted molar refractivity (Wildman–Crippen MR) is 64.5 cm³/mol. The highest BCUT2D eigenvalue weighted by molar-refractivity contribution is 6.18. The summed E-state index contributed by atoms with van der Waals surface area (Å²) in [5.41, 5.74) is -0.965. The topological polar surface area (TPSA) is 57.6 Å². The Hall–Kier alpha value is -1.69. The summed E-state index contributed by atoms with van der Waals surface area (Å²) in [5, 5.41) is 8.98. The highest BCUT2D eigenvalue weighted by Gasteiger charge is 2.33. The summed E-state index contributed by atoms with van der Waals surface area (Å²) in [6.45, 7) is 0.158. The molecule has 7 heteroatoms. The molecule has 1 unspecified atom stereocenters. The number of carbonyl (C=O) groups is 2. The predicted octanol–water partition coefficient (Wildman–Crippen LogP) is 2.25. The minimum absolute atomic E-state index is 0.140. The van der Waals surface area contributed by atoms with Crippen molar-refractivity contribution in [1.29, 1.82) is 0 Å². The number of hydrogen-bond donors (Lipinski definition) is 1. The van der Waals surface area contributed by atoms with Crippen LogP contribution in [-0.2, 0) is 4.79 Å². The lowest BCUT2D eigenvalue weighted by Crippen LogP contribution is -2.27. The molecule has 1 saturated heterocycles. The number of nitrogens with zero attached hydrogens (tertiary/aromatic N) is 1. The quantitative estimate of drug-likeness (QED) is 0.868. The van der Waals surface area contributed by atoms with E-state index in [4.69, 9.17) is 16.7 Å². The van der Waals surface area contributed by atoms with E-state index in [-0.39, 0.29) is 30.5 Å². The van der Waals surface area contributed by atoms with E-state index in [2.05, 4.69) is 0 Å². The molecule has 4 nitrogen and oxygen atoms in total. The molecule has 1 amide bonds. The second-order valence-corrected chi connectivity index (χ2v) is 4.62. The summed E-state index contributed by atoms with van der Waals surface area (Å²) < 4.78 is 26.8.